The number of hydrazine groups is 1. The van der Waals surface area contributed by atoms with Crippen molar-refractivity contribution in [1.82, 2.24) is 10.9 Å². The van der Waals surface area contributed by atoms with Crippen LogP contribution < -0.4 is 10.9 Å². The lowest BCUT2D eigenvalue weighted by molar-refractivity contribution is -0.132. The fourth-order valence-electron chi connectivity index (χ4n) is 1.35. The molecular weight excluding hydrogens is 239 g/mol. The van der Waals surface area contributed by atoms with Gasteiger partial charge in [-0.15, -0.1) is 23.2 Å². The molecule has 84 valence electrons. The third-order valence-corrected chi connectivity index (χ3v) is 4.11. The number of alkyl halides is 2. The van der Waals surface area contributed by atoms with E-state index < -0.39 is 9.75 Å². The van der Waals surface area contributed by atoms with Gasteiger partial charge in [-0.1, -0.05) is 0 Å². The Morgan fingerprint density at radius 2 is 1.80 bits per heavy atom. The van der Waals surface area contributed by atoms with E-state index in [1.165, 1.54) is 0 Å². The Kier molecular flexibility index (Phi) is 2.39. The van der Waals surface area contributed by atoms with Crippen molar-refractivity contribution >= 4 is 35.0 Å². The number of amides is 2. The molecule has 2 fully saturated rings. The van der Waals surface area contributed by atoms with Gasteiger partial charge >= 0.3 is 0 Å². The van der Waals surface area contributed by atoms with Gasteiger partial charge in [-0.05, 0) is 26.2 Å². The highest BCUT2D eigenvalue weighted by atomic mass is 35.5. The highest BCUT2D eigenvalue weighted by Crippen LogP contribution is 2.63. The molecule has 4 nitrogen and oxygen atoms in total. The topological polar surface area (TPSA) is 58.2 Å². The second kappa shape index (κ2) is 3.25. The molecule has 0 aromatic carbocycles. The van der Waals surface area contributed by atoms with Crippen molar-refractivity contribution in [2.75, 3.05) is 0 Å². The fourth-order valence-corrected chi connectivity index (χ4v) is 2.06. The summed E-state index contributed by atoms with van der Waals surface area (Å²) in [6.07, 6.45) is 2.20. The zero-order chi connectivity index (χ0) is 11.3. The first-order valence-electron chi connectivity index (χ1n) is 4.85. The first kappa shape index (κ1) is 11.0. The molecule has 1 unspecified atom stereocenters. The second-order valence-corrected chi connectivity index (χ2v) is 5.91. The predicted molar refractivity (Wildman–Crippen MR) is 56.2 cm³/mol. The molecule has 0 radical (unpaired) electrons. The summed E-state index contributed by atoms with van der Waals surface area (Å²) in [6.45, 7) is 1.67. The molecule has 0 saturated heterocycles. The van der Waals surface area contributed by atoms with E-state index in [4.69, 9.17) is 23.2 Å². The van der Waals surface area contributed by atoms with Gasteiger partial charge in [0.05, 0.1) is 5.41 Å². The van der Waals surface area contributed by atoms with Crippen molar-refractivity contribution in [1.29, 1.82) is 0 Å². The van der Waals surface area contributed by atoms with Gasteiger partial charge in [-0.3, -0.25) is 20.4 Å². The average molecular weight is 251 g/mol. The van der Waals surface area contributed by atoms with Gasteiger partial charge < -0.3 is 0 Å². The molecule has 2 saturated carbocycles. The van der Waals surface area contributed by atoms with Gasteiger partial charge in [0.25, 0.3) is 0 Å². The van der Waals surface area contributed by atoms with E-state index in [-0.39, 0.29) is 17.7 Å². The maximum absolute atomic E-state index is 11.6. The fraction of sp³-hybridized carbons (Fsp3) is 0.778. The Balaban J connectivity index is 1.80. The Morgan fingerprint density at radius 3 is 2.20 bits per heavy atom. The van der Waals surface area contributed by atoms with E-state index in [9.17, 15) is 9.59 Å². The highest BCUT2D eigenvalue weighted by molar-refractivity contribution is 6.53. The molecule has 0 heterocycles. The zero-order valence-corrected chi connectivity index (χ0v) is 9.78. The summed E-state index contributed by atoms with van der Waals surface area (Å²) in [5, 5.41) is 0. The summed E-state index contributed by atoms with van der Waals surface area (Å²) in [4.78, 5) is 22.8. The molecule has 15 heavy (non-hydrogen) atoms. The molecule has 6 heteroatoms. The number of hydrogen-bond acceptors (Lipinski definition) is 2. The molecule has 2 aliphatic rings. The van der Waals surface area contributed by atoms with Crippen LogP contribution in [0.2, 0.25) is 0 Å². The summed E-state index contributed by atoms with van der Waals surface area (Å²) >= 11 is 11.7. The minimum absolute atomic E-state index is 0.0640. The van der Waals surface area contributed by atoms with Crippen LogP contribution >= 0.6 is 23.2 Å². The van der Waals surface area contributed by atoms with Crippen molar-refractivity contribution in [3.63, 3.8) is 0 Å². The maximum Gasteiger partial charge on any atom is 0.247 e. The largest absolute Gasteiger partial charge is 0.273 e. The SMILES string of the molecule is CC1(C(=O)NNC(=O)C2CC2)CC1(Cl)Cl. The van der Waals surface area contributed by atoms with Gasteiger partial charge in [0.1, 0.15) is 4.33 Å². The van der Waals surface area contributed by atoms with Crippen LogP contribution in [0.3, 0.4) is 0 Å². The Hall–Kier alpha value is -0.480. The van der Waals surface area contributed by atoms with E-state index in [2.05, 4.69) is 10.9 Å². The third-order valence-electron chi connectivity index (χ3n) is 3.01. The number of hydrogen-bond donors (Lipinski definition) is 2. The van der Waals surface area contributed by atoms with Crippen LogP contribution in [-0.2, 0) is 9.59 Å². The molecule has 0 aromatic rings. The van der Waals surface area contributed by atoms with Crippen molar-refractivity contribution in [3.8, 4) is 0 Å². The van der Waals surface area contributed by atoms with Crippen LogP contribution in [0.25, 0.3) is 0 Å². The summed E-state index contributed by atoms with van der Waals surface area (Å²) in [6, 6.07) is 0. The lowest BCUT2D eigenvalue weighted by atomic mass is 10.1. The Morgan fingerprint density at radius 1 is 1.27 bits per heavy atom. The average Bonchev–Trinajstić information content (AvgIpc) is 3.00. The minimum atomic E-state index is -0.999. The van der Waals surface area contributed by atoms with Gasteiger partial charge in [-0.25, -0.2) is 0 Å². The second-order valence-electron chi connectivity index (χ2n) is 4.43. The van der Waals surface area contributed by atoms with Gasteiger partial charge in [0.2, 0.25) is 11.8 Å². The third kappa shape index (κ3) is 1.93. The van der Waals surface area contributed by atoms with Gasteiger partial charge in [0, 0.05) is 5.92 Å². The highest BCUT2D eigenvalue weighted by Gasteiger charge is 2.68. The van der Waals surface area contributed by atoms with Crippen molar-refractivity contribution < 1.29 is 9.59 Å². The van der Waals surface area contributed by atoms with Crippen LogP contribution in [0.5, 0.6) is 0 Å². The summed E-state index contributed by atoms with van der Waals surface area (Å²) in [5.74, 6) is -0.405. The van der Waals surface area contributed by atoms with Crippen LogP contribution in [-0.4, -0.2) is 16.1 Å². The Bertz CT molecular complexity index is 328. The molecule has 1 atom stereocenters. The van der Waals surface area contributed by atoms with Crippen molar-refractivity contribution in [3.05, 3.63) is 0 Å². The molecule has 0 aliphatic heterocycles. The molecule has 2 aliphatic carbocycles. The molecule has 2 amide bonds. The van der Waals surface area contributed by atoms with Crippen LogP contribution in [0.1, 0.15) is 26.2 Å². The van der Waals surface area contributed by atoms with E-state index in [1.807, 2.05) is 0 Å². The molecular formula is C9H12Cl2N2O2. The van der Waals surface area contributed by atoms with E-state index >= 15 is 0 Å². The normalized spacial score (nSPS) is 31.9. The number of nitrogens with one attached hydrogen (secondary N) is 2. The van der Waals surface area contributed by atoms with Crippen LogP contribution in [0.4, 0.5) is 0 Å². The number of carbonyl (C=O) groups excluding carboxylic acids is 2. The van der Waals surface area contributed by atoms with Crippen molar-refractivity contribution in [2.24, 2.45) is 11.3 Å². The lowest BCUT2D eigenvalue weighted by Crippen LogP contribution is -2.46. The quantitative estimate of drug-likeness (QED) is 0.571. The maximum atomic E-state index is 11.6. The van der Waals surface area contributed by atoms with E-state index in [0.29, 0.717) is 6.42 Å². The molecule has 0 aromatic heterocycles. The summed E-state index contributed by atoms with van der Waals surface area (Å²) in [7, 11) is 0. The van der Waals surface area contributed by atoms with Crippen LogP contribution in [0.15, 0.2) is 0 Å². The summed E-state index contributed by atoms with van der Waals surface area (Å²) in [5.41, 5.74) is 3.94. The Labute approximate surface area is 97.6 Å². The zero-order valence-electron chi connectivity index (χ0n) is 8.27. The first-order valence-corrected chi connectivity index (χ1v) is 5.60. The molecule has 2 rings (SSSR count). The van der Waals surface area contributed by atoms with Gasteiger partial charge in [-0.2, -0.15) is 0 Å². The summed E-state index contributed by atoms with van der Waals surface area (Å²) < 4.78 is -0.999. The minimum Gasteiger partial charge on any atom is -0.273 e. The van der Waals surface area contributed by atoms with E-state index in [1.54, 1.807) is 6.92 Å². The van der Waals surface area contributed by atoms with Gasteiger partial charge in [0.15, 0.2) is 0 Å². The predicted octanol–water partition coefficient (Wildman–Crippen LogP) is 1.13. The number of carbonyl (C=O) groups is 2. The standard InChI is InChI=1S/C9H12Cl2N2O2/c1-8(4-9(8,10)11)7(15)13-12-6(14)5-2-3-5/h5H,2-4H2,1H3,(H,12,14)(H,13,15). The molecule has 0 spiro atoms. The number of rotatable bonds is 2. The number of halogens is 2. The molecule has 2 N–H and O–H groups in total. The smallest absolute Gasteiger partial charge is 0.247 e. The first-order chi connectivity index (χ1) is 6.87. The lowest BCUT2D eigenvalue weighted by Gasteiger charge is -2.12. The van der Waals surface area contributed by atoms with Crippen molar-refractivity contribution in [2.45, 2.75) is 30.5 Å². The van der Waals surface area contributed by atoms with E-state index in [0.717, 1.165) is 12.8 Å². The molecule has 0 bridgehead atoms. The monoisotopic (exact) mass is 250 g/mol. The van der Waals surface area contributed by atoms with Crippen LogP contribution in [0, 0.1) is 11.3 Å².